The number of allylic oxidation sites excluding steroid dienone is 1. The molecule has 1 amide bonds. The third-order valence-electron chi connectivity index (χ3n) is 7.45. The van der Waals surface area contributed by atoms with Crippen LogP contribution in [0.3, 0.4) is 0 Å². The highest BCUT2D eigenvalue weighted by molar-refractivity contribution is 5.62. The van der Waals surface area contributed by atoms with Crippen molar-refractivity contribution in [2.24, 2.45) is 5.92 Å². The lowest BCUT2D eigenvalue weighted by Gasteiger charge is -2.32. The molecule has 1 atom stereocenters. The minimum absolute atomic E-state index is 0.0416. The van der Waals surface area contributed by atoms with Gasteiger partial charge in [0.05, 0.1) is 4.92 Å². The first-order chi connectivity index (χ1) is 19.8. The number of rotatable bonds is 13. The zero-order valence-electron chi connectivity index (χ0n) is 22.7. The molecule has 0 aliphatic carbocycles. The van der Waals surface area contributed by atoms with Crippen molar-refractivity contribution in [3.05, 3.63) is 111 Å². The summed E-state index contributed by atoms with van der Waals surface area (Å²) in [6.45, 7) is 3.66. The highest BCUT2D eigenvalue weighted by Gasteiger charge is 2.21. The number of non-ortho nitro benzene ring substituents is 1. The van der Waals surface area contributed by atoms with Crippen LogP contribution in [0, 0.1) is 26.1 Å². The zero-order chi connectivity index (χ0) is 29.2. The minimum atomic E-state index is -1.29. The largest absolute Gasteiger partial charge is 0.530 e. The Balaban J connectivity index is 1.25. The number of carbonyl (C=O) groups is 1. The molecule has 0 bridgehead atoms. The fourth-order valence-corrected chi connectivity index (χ4v) is 5.12. The van der Waals surface area contributed by atoms with Crippen LogP contribution in [0.25, 0.3) is 0 Å². The van der Waals surface area contributed by atoms with E-state index in [0.717, 1.165) is 38.9 Å². The summed E-state index contributed by atoms with van der Waals surface area (Å²) in [7, 11) is 0. The Morgan fingerprint density at radius 3 is 2.37 bits per heavy atom. The molecule has 1 aromatic heterocycles. The van der Waals surface area contributed by atoms with Gasteiger partial charge < -0.3 is 34.4 Å². The van der Waals surface area contributed by atoms with Crippen molar-refractivity contribution in [2.45, 2.75) is 38.3 Å². The van der Waals surface area contributed by atoms with E-state index < -0.39 is 15.9 Å². The first kappa shape index (κ1) is 29.4. The molecule has 12 heteroatoms. The molecule has 4 rings (SSSR count). The van der Waals surface area contributed by atoms with Crippen molar-refractivity contribution in [1.82, 2.24) is 19.4 Å². The van der Waals surface area contributed by atoms with E-state index in [-0.39, 0.29) is 30.5 Å². The molecule has 0 N–H and O–H groups in total. The number of benzene rings is 2. The summed E-state index contributed by atoms with van der Waals surface area (Å²) in [6, 6.07) is 16.0. The molecule has 2 aromatic carbocycles. The van der Waals surface area contributed by atoms with Crippen LogP contribution in [0.1, 0.15) is 36.3 Å². The lowest BCUT2D eigenvalue weighted by atomic mass is 9.93. The summed E-state index contributed by atoms with van der Waals surface area (Å²) in [5.41, 5.74) is 1.80. The lowest BCUT2D eigenvalue weighted by Crippen LogP contribution is -2.40. The molecule has 1 fully saturated rings. The number of carboxylic acid groups (broad SMARTS) is 1. The van der Waals surface area contributed by atoms with Gasteiger partial charge in [0.25, 0.3) is 5.69 Å². The van der Waals surface area contributed by atoms with Crippen LogP contribution >= 0.6 is 0 Å². The molecule has 0 saturated carbocycles. The highest BCUT2D eigenvalue weighted by atomic mass is 16.6. The molecular formula is C29H33N6O6-. The van der Waals surface area contributed by atoms with Gasteiger partial charge in [-0.2, -0.15) is 0 Å². The van der Waals surface area contributed by atoms with Crippen molar-refractivity contribution in [3.8, 4) is 0 Å². The molecule has 41 heavy (non-hydrogen) atoms. The van der Waals surface area contributed by atoms with E-state index in [4.69, 9.17) is 0 Å². The van der Waals surface area contributed by atoms with Crippen molar-refractivity contribution in [2.75, 3.05) is 26.2 Å². The molecular weight excluding hydrogens is 528 g/mol. The summed E-state index contributed by atoms with van der Waals surface area (Å²) < 4.78 is 1.78. The van der Waals surface area contributed by atoms with Gasteiger partial charge in [0, 0.05) is 37.7 Å². The second-order valence-electron chi connectivity index (χ2n) is 10.3. The number of nitro groups is 2. The minimum Gasteiger partial charge on any atom is -0.530 e. The predicted molar refractivity (Wildman–Crippen MR) is 150 cm³/mol. The Kier molecular flexibility index (Phi) is 10.2. The van der Waals surface area contributed by atoms with Gasteiger partial charge in [-0.1, -0.05) is 54.6 Å². The number of amides is 1. The molecule has 2 heterocycles. The quantitative estimate of drug-likeness (QED) is 0.173. The van der Waals surface area contributed by atoms with Gasteiger partial charge >= 0.3 is 5.82 Å². The van der Waals surface area contributed by atoms with Crippen LogP contribution in [0.4, 0.5) is 16.3 Å². The molecule has 12 nitrogen and oxygen atoms in total. The van der Waals surface area contributed by atoms with E-state index in [1.165, 1.54) is 35.1 Å². The molecule has 216 valence electrons. The number of nitro benzene ring substituents is 1. The van der Waals surface area contributed by atoms with Crippen molar-refractivity contribution < 1.29 is 19.7 Å². The van der Waals surface area contributed by atoms with Crippen molar-refractivity contribution in [1.29, 1.82) is 0 Å². The zero-order valence-corrected chi connectivity index (χ0v) is 22.7. The van der Waals surface area contributed by atoms with Gasteiger partial charge in [-0.05, 0) is 65.8 Å². The SMILES string of the molecule is O=C([O-])N(CC=CC1CCN(CCC(Cn2cnc([N+](=O)[O-])c2)c2ccccc2)CC1)Cc1ccc([N+](=O)[O-])cc1. The first-order valence-corrected chi connectivity index (χ1v) is 13.6. The molecule has 1 saturated heterocycles. The standard InChI is InChI=1S/C29H34N6O6/c36-29(37)33(19-24-8-10-27(11-9-24)34(38)39)15-4-5-23-12-16-31(17-13-23)18-14-26(25-6-2-1-3-7-25)20-32-21-28(30-22-32)35(40)41/h1-11,21-23,26H,12-20H2,(H,36,37)/p-1. The average Bonchev–Trinajstić information content (AvgIpc) is 3.45. The first-order valence-electron chi connectivity index (χ1n) is 13.6. The van der Waals surface area contributed by atoms with Gasteiger partial charge in [0.15, 0.2) is 0 Å². The number of nitrogens with zero attached hydrogens (tertiary/aromatic N) is 6. The van der Waals surface area contributed by atoms with Gasteiger partial charge in [-0.15, -0.1) is 0 Å². The number of aromatic nitrogens is 2. The van der Waals surface area contributed by atoms with E-state index >= 15 is 0 Å². The maximum absolute atomic E-state index is 11.6. The number of piperidine rings is 1. The highest BCUT2D eigenvalue weighted by Crippen LogP contribution is 2.25. The third-order valence-corrected chi connectivity index (χ3v) is 7.45. The Bertz CT molecular complexity index is 1340. The van der Waals surface area contributed by atoms with Crippen LogP contribution in [0.15, 0.2) is 79.3 Å². The smallest absolute Gasteiger partial charge is 0.381 e. The normalized spacial score (nSPS) is 15.1. The summed E-state index contributed by atoms with van der Waals surface area (Å²) >= 11 is 0. The number of hydrogen-bond acceptors (Lipinski definition) is 8. The Morgan fingerprint density at radius 2 is 1.76 bits per heavy atom. The average molecular weight is 562 g/mol. The second-order valence-corrected chi connectivity index (χ2v) is 10.3. The maximum atomic E-state index is 11.6. The number of hydrogen-bond donors (Lipinski definition) is 0. The van der Waals surface area contributed by atoms with Gasteiger partial charge in [-0.3, -0.25) is 10.1 Å². The molecule has 0 radical (unpaired) electrons. The molecule has 3 aromatic rings. The predicted octanol–water partition coefficient (Wildman–Crippen LogP) is 3.99. The summed E-state index contributed by atoms with van der Waals surface area (Å²) in [4.78, 5) is 40.0. The van der Waals surface area contributed by atoms with E-state index in [1.807, 2.05) is 24.3 Å². The van der Waals surface area contributed by atoms with Crippen LogP contribution < -0.4 is 5.11 Å². The van der Waals surface area contributed by atoms with Crippen LogP contribution in [0.2, 0.25) is 0 Å². The van der Waals surface area contributed by atoms with E-state index in [1.54, 1.807) is 16.7 Å². The van der Waals surface area contributed by atoms with Crippen molar-refractivity contribution >= 4 is 17.6 Å². The van der Waals surface area contributed by atoms with E-state index in [2.05, 4.69) is 28.1 Å². The molecule has 0 spiro atoms. The third kappa shape index (κ3) is 8.70. The van der Waals surface area contributed by atoms with E-state index in [0.29, 0.717) is 18.0 Å². The lowest BCUT2D eigenvalue weighted by molar-refractivity contribution is -0.389. The number of carbonyl (C=O) groups excluding carboxylic acids is 1. The van der Waals surface area contributed by atoms with Crippen LogP contribution in [0.5, 0.6) is 0 Å². The number of imidazole rings is 1. The van der Waals surface area contributed by atoms with Crippen LogP contribution in [-0.4, -0.2) is 61.5 Å². The van der Waals surface area contributed by atoms with Gasteiger partial charge in [-0.25, -0.2) is 0 Å². The maximum Gasteiger partial charge on any atom is 0.381 e. The molecule has 1 unspecified atom stereocenters. The summed E-state index contributed by atoms with van der Waals surface area (Å²) in [6.07, 6.45) is 8.46. The molecule has 1 aliphatic heterocycles. The number of likely N-dealkylation sites (tertiary alicyclic amines) is 1. The summed E-state index contributed by atoms with van der Waals surface area (Å²) in [5, 5.41) is 33.5. The monoisotopic (exact) mass is 561 g/mol. The second kappa shape index (κ2) is 14.2. The molecule has 1 aliphatic rings. The van der Waals surface area contributed by atoms with Gasteiger partial charge in [0.2, 0.25) is 6.33 Å². The Hall–Kier alpha value is -4.58. The van der Waals surface area contributed by atoms with Crippen LogP contribution in [-0.2, 0) is 13.1 Å². The Labute approximate surface area is 237 Å². The fraction of sp³-hybridized carbons (Fsp3) is 0.379. The van der Waals surface area contributed by atoms with E-state index in [9.17, 15) is 30.1 Å². The Morgan fingerprint density at radius 1 is 1.05 bits per heavy atom. The van der Waals surface area contributed by atoms with Crippen molar-refractivity contribution in [3.63, 3.8) is 0 Å². The topological polar surface area (TPSA) is 151 Å². The fourth-order valence-electron chi connectivity index (χ4n) is 5.12. The summed E-state index contributed by atoms with van der Waals surface area (Å²) in [5.74, 6) is 0.389. The van der Waals surface area contributed by atoms with Gasteiger partial charge in [0.1, 0.15) is 12.3 Å².